The zero-order valence-electron chi connectivity index (χ0n) is 22.9. The van der Waals surface area contributed by atoms with Crippen molar-refractivity contribution < 1.29 is 34.4 Å². The number of aliphatic hydroxyl groups excluding tert-OH is 2. The lowest BCUT2D eigenvalue weighted by molar-refractivity contribution is -0.147. The normalized spacial score (nSPS) is 24.2. The number of nitrogens with two attached hydrogens (primary N) is 1. The van der Waals surface area contributed by atoms with Gasteiger partial charge in [0, 0.05) is 29.7 Å². The number of carbonyl (C=O) groups excluding carboxylic acids is 2. The average molecular weight is 539 g/mol. The van der Waals surface area contributed by atoms with E-state index in [9.17, 15) is 24.6 Å². The monoisotopic (exact) mass is 538 g/mol. The first kappa shape index (κ1) is 31.2. The molecule has 0 amide bonds. The number of ether oxygens (including phenoxy) is 1. The van der Waals surface area contributed by atoms with Gasteiger partial charge >= 0.3 is 5.97 Å². The van der Waals surface area contributed by atoms with E-state index >= 15 is 0 Å². The number of thiazole rings is 1. The molecule has 1 aliphatic heterocycles. The van der Waals surface area contributed by atoms with Crippen LogP contribution in [0.25, 0.3) is 6.08 Å². The van der Waals surface area contributed by atoms with Gasteiger partial charge in [-0.15, -0.1) is 11.3 Å². The van der Waals surface area contributed by atoms with E-state index in [0.29, 0.717) is 12.8 Å². The van der Waals surface area contributed by atoms with Gasteiger partial charge in [0.2, 0.25) is 0 Å². The Hall–Kier alpha value is -1.98. The molecule has 0 radical (unpaired) electrons. The highest BCUT2D eigenvalue weighted by molar-refractivity contribution is 7.09. The number of ketones is 2. The van der Waals surface area contributed by atoms with E-state index in [2.05, 4.69) is 4.98 Å². The van der Waals surface area contributed by atoms with Crippen LogP contribution < -0.4 is 5.73 Å². The molecule has 9 nitrogen and oxygen atoms in total. The summed E-state index contributed by atoms with van der Waals surface area (Å²) in [5.74, 6) is -3.66. The molecule has 7 atom stereocenters. The number of hydrogen-bond acceptors (Lipinski definition) is 9. The maximum atomic E-state index is 12.9. The number of epoxide rings is 1. The van der Waals surface area contributed by atoms with E-state index < -0.39 is 53.2 Å². The minimum Gasteiger partial charge on any atom is -0.481 e. The molecule has 208 valence electrons. The third-order valence-electron chi connectivity index (χ3n) is 7.75. The van der Waals surface area contributed by atoms with Gasteiger partial charge in [0.25, 0.3) is 0 Å². The van der Waals surface area contributed by atoms with E-state index in [1.165, 1.54) is 20.8 Å². The van der Waals surface area contributed by atoms with Crippen LogP contribution in [0.15, 0.2) is 11.0 Å². The summed E-state index contributed by atoms with van der Waals surface area (Å²) in [6, 6.07) is -0.197. The minimum absolute atomic E-state index is 0.0759. The molecule has 0 saturated carbocycles. The Morgan fingerprint density at radius 2 is 1.89 bits per heavy atom. The summed E-state index contributed by atoms with van der Waals surface area (Å²) < 4.78 is 5.89. The number of aromatic nitrogens is 1. The van der Waals surface area contributed by atoms with Crippen LogP contribution in [-0.2, 0) is 19.1 Å². The van der Waals surface area contributed by atoms with Crippen LogP contribution in [0, 0.1) is 24.2 Å². The first-order chi connectivity index (χ1) is 17.0. The molecule has 1 fully saturated rings. The van der Waals surface area contributed by atoms with Crippen molar-refractivity contribution in [3.63, 3.8) is 0 Å². The number of aliphatic carboxylic acids is 1. The van der Waals surface area contributed by atoms with Crippen molar-refractivity contribution in [3.05, 3.63) is 21.7 Å². The Morgan fingerprint density at radius 1 is 1.27 bits per heavy atom. The Morgan fingerprint density at radius 3 is 2.43 bits per heavy atom. The van der Waals surface area contributed by atoms with Crippen LogP contribution in [0.1, 0.15) is 77.9 Å². The van der Waals surface area contributed by atoms with E-state index in [0.717, 1.165) is 16.3 Å². The second-order valence-corrected chi connectivity index (χ2v) is 12.2. The van der Waals surface area contributed by atoms with Gasteiger partial charge < -0.3 is 25.8 Å². The van der Waals surface area contributed by atoms with Crippen molar-refractivity contribution in [1.82, 2.24) is 4.98 Å². The van der Waals surface area contributed by atoms with E-state index in [1.807, 2.05) is 32.2 Å². The number of nitrogens with zero attached hydrogens (tertiary/aromatic N) is 1. The zero-order valence-corrected chi connectivity index (χ0v) is 23.7. The highest BCUT2D eigenvalue weighted by Crippen LogP contribution is 2.43. The second-order valence-electron chi connectivity index (χ2n) is 11.2. The summed E-state index contributed by atoms with van der Waals surface area (Å²) in [6.07, 6.45) is -0.0717. The van der Waals surface area contributed by atoms with Gasteiger partial charge in [0.15, 0.2) is 0 Å². The highest BCUT2D eigenvalue weighted by Gasteiger charge is 2.52. The number of carboxylic acids is 1. The third-order valence-corrected chi connectivity index (χ3v) is 8.54. The fourth-order valence-corrected chi connectivity index (χ4v) is 5.13. The number of carbonyl (C=O) groups is 3. The lowest BCUT2D eigenvalue weighted by atomic mass is 9.73. The van der Waals surface area contributed by atoms with Crippen molar-refractivity contribution in [3.8, 4) is 0 Å². The number of Topliss-reactive ketones (excluding diaryl/α,β-unsaturated/α-hetero) is 2. The SMILES string of the molecule is CC(=Cc1csc(C)n1)[C@@H](N)C[C@@H]1O[C@]1(C)CCC(=O)[C@H](C)[C@H](O)C(C)C(=O)C(C)(C)C(O)CC(=O)O. The molecule has 2 heterocycles. The molecule has 1 aliphatic rings. The average Bonchev–Trinajstić information content (AvgIpc) is 3.26. The first-order valence-corrected chi connectivity index (χ1v) is 13.6. The smallest absolute Gasteiger partial charge is 0.306 e. The van der Waals surface area contributed by atoms with Gasteiger partial charge in [-0.25, -0.2) is 4.98 Å². The van der Waals surface area contributed by atoms with Crippen molar-refractivity contribution >= 4 is 34.9 Å². The Balaban J connectivity index is 1.88. The van der Waals surface area contributed by atoms with E-state index in [-0.39, 0.29) is 24.3 Å². The maximum absolute atomic E-state index is 12.9. The fraction of sp³-hybridized carbons (Fsp3) is 0.704. The van der Waals surface area contributed by atoms with Gasteiger partial charge in [-0.1, -0.05) is 33.3 Å². The van der Waals surface area contributed by atoms with Gasteiger partial charge in [-0.2, -0.15) is 0 Å². The first-order valence-electron chi connectivity index (χ1n) is 12.7. The molecular formula is C27H42N2O7S. The van der Waals surface area contributed by atoms with Crippen LogP contribution in [0.5, 0.6) is 0 Å². The molecule has 2 rings (SSSR count). The number of aliphatic hydroxyl groups is 2. The highest BCUT2D eigenvalue weighted by atomic mass is 32.1. The molecule has 0 bridgehead atoms. The van der Waals surface area contributed by atoms with Crippen LogP contribution in [0.2, 0.25) is 0 Å². The molecule has 0 spiro atoms. The standard InChI is InChI=1S/C27H42N2O7S/c1-14(10-18-13-37-17(4)29-18)19(28)11-22-27(7,36-22)9-8-20(30)15(2)24(34)16(3)25(35)26(5,6)21(31)12-23(32)33/h10,13,15-16,19,21-22,24,31,34H,8-9,11-12,28H2,1-7H3,(H,32,33)/t15-,16?,19-,21?,22-,24-,27+/m0/s1. The molecular weight excluding hydrogens is 496 g/mol. The quantitative estimate of drug-likeness (QED) is 0.246. The summed E-state index contributed by atoms with van der Waals surface area (Å²) in [5.41, 5.74) is 6.41. The summed E-state index contributed by atoms with van der Waals surface area (Å²) in [4.78, 5) is 41.2. The topological polar surface area (TPSA) is 163 Å². The summed E-state index contributed by atoms with van der Waals surface area (Å²) in [5, 5.41) is 32.9. The van der Waals surface area contributed by atoms with Gasteiger partial charge in [0.1, 0.15) is 11.6 Å². The van der Waals surface area contributed by atoms with Crippen LogP contribution in [-0.4, -0.2) is 67.8 Å². The molecule has 0 aromatic carbocycles. The number of aryl methyl sites for hydroxylation is 1. The number of hydrogen-bond donors (Lipinski definition) is 4. The summed E-state index contributed by atoms with van der Waals surface area (Å²) >= 11 is 1.58. The predicted octanol–water partition coefficient (Wildman–Crippen LogP) is 3.14. The second kappa shape index (κ2) is 12.3. The molecule has 5 N–H and O–H groups in total. The van der Waals surface area contributed by atoms with Gasteiger partial charge in [-0.3, -0.25) is 14.4 Å². The van der Waals surface area contributed by atoms with Crippen LogP contribution in [0.4, 0.5) is 0 Å². The zero-order chi connectivity index (χ0) is 28.3. The maximum Gasteiger partial charge on any atom is 0.306 e. The molecule has 1 saturated heterocycles. The predicted molar refractivity (Wildman–Crippen MR) is 142 cm³/mol. The van der Waals surface area contributed by atoms with E-state index in [4.69, 9.17) is 15.6 Å². The molecule has 10 heteroatoms. The largest absolute Gasteiger partial charge is 0.481 e. The van der Waals surface area contributed by atoms with Crippen LogP contribution >= 0.6 is 11.3 Å². The third kappa shape index (κ3) is 8.00. The summed E-state index contributed by atoms with van der Waals surface area (Å²) in [7, 11) is 0. The number of rotatable bonds is 15. The molecule has 1 aromatic heterocycles. The van der Waals surface area contributed by atoms with Gasteiger partial charge in [0.05, 0.1) is 46.5 Å². The Kier molecular flexibility index (Phi) is 10.3. The van der Waals surface area contributed by atoms with Crippen molar-refractivity contribution in [2.75, 3.05) is 0 Å². The molecule has 2 unspecified atom stereocenters. The van der Waals surface area contributed by atoms with Crippen molar-refractivity contribution in [2.24, 2.45) is 23.0 Å². The van der Waals surface area contributed by atoms with Crippen LogP contribution in [0.3, 0.4) is 0 Å². The Labute approximate surface area is 223 Å². The lowest BCUT2D eigenvalue weighted by Gasteiger charge is -2.33. The fourth-order valence-electron chi connectivity index (χ4n) is 4.56. The summed E-state index contributed by atoms with van der Waals surface area (Å²) in [6.45, 7) is 11.8. The molecule has 37 heavy (non-hydrogen) atoms. The van der Waals surface area contributed by atoms with Crippen molar-refractivity contribution in [2.45, 2.75) is 104 Å². The van der Waals surface area contributed by atoms with E-state index in [1.54, 1.807) is 18.3 Å². The minimum atomic E-state index is -1.41. The molecule has 0 aliphatic carbocycles. The number of carboxylic acid groups (broad SMARTS) is 1. The van der Waals surface area contributed by atoms with Crippen molar-refractivity contribution in [1.29, 1.82) is 0 Å². The molecule has 1 aromatic rings. The van der Waals surface area contributed by atoms with Gasteiger partial charge in [-0.05, 0) is 39.7 Å². The Bertz CT molecular complexity index is 1020. The lowest BCUT2D eigenvalue weighted by Crippen LogP contribution is -2.46.